The lowest BCUT2D eigenvalue weighted by Gasteiger charge is -2.25. The molecule has 14 heavy (non-hydrogen) atoms. The molecular formula is C12H19NS. The molecule has 0 radical (unpaired) electrons. The normalized spacial score (nSPS) is 22.3. The largest absolute Gasteiger partial charge is 0.269 e. The van der Waals surface area contributed by atoms with Crippen LogP contribution >= 0.6 is 11.8 Å². The minimum absolute atomic E-state index is 0.749. The Morgan fingerprint density at radius 3 is 2.86 bits per heavy atom. The Morgan fingerprint density at radius 2 is 2.36 bits per heavy atom. The van der Waals surface area contributed by atoms with Gasteiger partial charge < -0.3 is 0 Å². The zero-order valence-electron chi connectivity index (χ0n) is 9.18. The maximum Gasteiger partial charge on any atom is 0.0431 e. The van der Waals surface area contributed by atoms with Gasteiger partial charge in [-0.1, -0.05) is 19.1 Å². The molecule has 1 aliphatic rings. The van der Waals surface area contributed by atoms with Crippen LogP contribution in [0.4, 0.5) is 0 Å². The second-order valence-corrected chi connectivity index (χ2v) is 4.78. The van der Waals surface area contributed by atoms with Gasteiger partial charge in [0.25, 0.3) is 0 Å². The van der Waals surface area contributed by atoms with Crippen LogP contribution < -0.4 is 0 Å². The van der Waals surface area contributed by atoms with E-state index in [4.69, 9.17) is 0 Å². The number of aliphatic imine (C=N–C) groups is 1. The minimum Gasteiger partial charge on any atom is -0.269 e. The fourth-order valence-electron chi connectivity index (χ4n) is 1.83. The first kappa shape index (κ1) is 11.6. The van der Waals surface area contributed by atoms with E-state index in [1.54, 1.807) is 0 Å². The van der Waals surface area contributed by atoms with Gasteiger partial charge in [0.15, 0.2) is 0 Å². The molecule has 1 atom stereocenters. The van der Waals surface area contributed by atoms with Crippen molar-refractivity contribution in [2.75, 3.05) is 6.26 Å². The van der Waals surface area contributed by atoms with Crippen LogP contribution in [-0.4, -0.2) is 18.2 Å². The molecule has 1 rings (SSSR count). The molecule has 1 nitrogen and oxygen atoms in total. The first-order chi connectivity index (χ1) is 6.72. The average molecular weight is 209 g/mol. The summed E-state index contributed by atoms with van der Waals surface area (Å²) in [6.45, 7) is 9.91. The molecule has 0 N–H and O–H groups in total. The Morgan fingerprint density at radius 1 is 1.64 bits per heavy atom. The van der Waals surface area contributed by atoms with Crippen LogP contribution in [-0.2, 0) is 0 Å². The topological polar surface area (TPSA) is 12.4 Å². The monoisotopic (exact) mass is 209 g/mol. The molecule has 0 aromatic carbocycles. The zero-order chi connectivity index (χ0) is 10.6. The lowest BCUT2D eigenvalue weighted by molar-refractivity contribution is 0.686. The molecule has 0 fully saturated rings. The summed E-state index contributed by atoms with van der Waals surface area (Å²) >= 11 is 1.95. The van der Waals surface area contributed by atoms with Crippen molar-refractivity contribution in [3.05, 3.63) is 23.4 Å². The highest BCUT2D eigenvalue weighted by Gasteiger charge is 2.20. The van der Waals surface area contributed by atoms with Gasteiger partial charge in [0, 0.05) is 10.9 Å². The first-order valence-corrected chi connectivity index (χ1v) is 6.41. The van der Waals surface area contributed by atoms with Gasteiger partial charge >= 0.3 is 0 Å². The number of nitrogens with zero attached hydrogens (tertiary/aromatic N) is 1. The highest BCUT2D eigenvalue weighted by molar-refractivity contribution is 7.99. The van der Waals surface area contributed by atoms with E-state index in [0.29, 0.717) is 0 Å². The van der Waals surface area contributed by atoms with E-state index in [0.717, 1.165) is 24.5 Å². The van der Waals surface area contributed by atoms with E-state index in [-0.39, 0.29) is 0 Å². The number of hydrogen-bond acceptors (Lipinski definition) is 2. The summed E-state index contributed by atoms with van der Waals surface area (Å²) in [6.07, 6.45) is 6.64. The number of hydrogen-bond donors (Lipinski definition) is 0. The van der Waals surface area contributed by atoms with Gasteiger partial charge in [0.05, 0.1) is 0 Å². The third-order valence-electron chi connectivity index (χ3n) is 2.86. The molecule has 1 aliphatic carbocycles. The van der Waals surface area contributed by atoms with E-state index < -0.39 is 0 Å². The number of rotatable bonds is 4. The highest BCUT2D eigenvalue weighted by atomic mass is 32.2. The molecule has 0 aromatic rings. The molecule has 0 spiro atoms. The Hall–Kier alpha value is -0.500. The third kappa shape index (κ3) is 2.50. The maximum absolute atomic E-state index is 4.13. The smallest absolute Gasteiger partial charge is 0.0431 e. The first-order valence-electron chi connectivity index (χ1n) is 5.12. The summed E-state index contributed by atoms with van der Waals surface area (Å²) in [6, 6.07) is 0. The lowest BCUT2D eigenvalue weighted by Crippen LogP contribution is -2.12. The maximum atomic E-state index is 4.13. The second-order valence-electron chi connectivity index (χ2n) is 3.64. The molecule has 0 heterocycles. The third-order valence-corrected chi connectivity index (χ3v) is 3.93. The Labute approximate surface area is 91.4 Å². The summed E-state index contributed by atoms with van der Waals surface area (Å²) in [5.74, 6) is 0. The molecule has 1 unspecified atom stereocenters. The number of thioether (sulfide) groups is 1. The van der Waals surface area contributed by atoms with Crippen molar-refractivity contribution in [3.8, 4) is 0 Å². The summed E-state index contributed by atoms with van der Waals surface area (Å²) in [5, 5.41) is 0.749. The van der Waals surface area contributed by atoms with Crippen LogP contribution in [0.2, 0.25) is 0 Å². The van der Waals surface area contributed by atoms with Gasteiger partial charge in [0.2, 0.25) is 0 Å². The molecular weight excluding hydrogens is 190 g/mol. The molecule has 0 amide bonds. The average Bonchev–Trinajstić information content (AvgIpc) is 2.27. The van der Waals surface area contributed by atoms with Crippen molar-refractivity contribution < 1.29 is 0 Å². The molecule has 2 heteroatoms. The van der Waals surface area contributed by atoms with E-state index in [2.05, 4.69) is 31.5 Å². The van der Waals surface area contributed by atoms with Gasteiger partial charge in [-0.3, -0.25) is 4.99 Å². The van der Waals surface area contributed by atoms with Gasteiger partial charge in [-0.25, -0.2) is 0 Å². The highest BCUT2D eigenvalue weighted by Crippen LogP contribution is 2.35. The van der Waals surface area contributed by atoms with Crippen LogP contribution in [0.3, 0.4) is 0 Å². The molecule has 0 saturated heterocycles. The van der Waals surface area contributed by atoms with Crippen molar-refractivity contribution in [2.45, 2.75) is 37.9 Å². The van der Waals surface area contributed by atoms with Crippen molar-refractivity contribution in [1.82, 2.24) is 0 Å². The predicted molar refractivity (Wildman–Crippen MR) is 67.2 cm³/mol. The fourth-order valence-corrected chi connectivity index (χ4v) is 2.52. The van der Waals surface area contributed by atoms with Gasteiger partial charge in [0.1, 0.15) is 0 Å². The molecule has 0 aromatic heterocycles. The van der Waals surface area contributed by atoms with E-state index >= 15 is 0 Å². The zero-order valence-corrected chi connectivity index (χ0v) is 9.99. The molecule has 0 bridgehead atoms. The molecule has 0 saturated carbocycles. The van der Waals surface area contributed by atoms with Crippen molar-refractivity contribution in [1.29, 1.82) is 0 Å². The second kappa shape index (κ2) is 5.40. The van der Waals surface area contributed by atoms with Crippen molar-refractivity contribution >= 4 is 18.5 Å². The summed E-state index contributed by atoms with van der Waals surface area (Å²) in [4.78, 5) is 4.13. The summed E-state index contributed by atoms with van der Waals surface area (Å²) in [5.41, 5.74) is 3.79. The Bertz CT molecular complexity index is 265. The van der Waals surface area contributed by atoms with E-state index in [1.807, 2.05) is 11.8 Å². The van der Waals surface area contributed by atoms with Gasteiger partial charge in [-0.2, -0.15) is 11.8 Å². The van der Waals surface area contributed by atoms with Crippen LogP contribution in [0.25, 0.3) is 0 Å². The summed E-state index contributed by atoms with van der Waals surface area (Å²) < 4.78 is 0. The van der Waals surface area contributed by atoms with Crippen LogP contribution in [0.5, 0.6) is 0 Å². The standard InChI is InChI=1S/C12H19NS/c1-5-9(2)11-8-10(14-4)6-7-12(11)13-3/h10H,2-3,5-8H2,1,4H3. The van der Waals surface area contributed by atoms with E-state index in [9.17, 15) is 0 Å². The Balaban J connectivity index is 2.86. The molecule has 78 valence electrons. The van der Waals surface area contributed by atoms with Crippen molar-refractivity contribution in [2.24, 2.45) is 4.99 Å². The lowest BCUT2D eigenvalue weighted by atomic mass is 9.90. The predicted octanol–water partition coefficient (Wildman–Crippen LogP) is 3.82. The van der Waals surface area contributed by atoms with Crippen LogP contribution in [0.15, 0.2) is 28.4 Å². The summed E-state index contributed by atoms with van der Waals surface area (Å²) in [7, 11) is 0. The fraction of sp³-hybridized carbons (Fsp3) is 0.583. The quantitative estimate of drug-likeness (QED) is 0.641. The van der Waals surface area contributed by atoms with E-state index in [1.165, 1.54) is 23.3 Å². The minimum atomic E-state index is 0.749. The number of allylic oxidation sites excluding steroid dienone is 3. The van der Waals surface area contributed by atoms with Gasteiger partial charge in [-0.15, -0.1) is 0 Å². The van der Waals surface area contributed by atoms with Crippen molar-refractivity contribution in [3.63, 3.8) is 0 Å². The Kier molecular flexibility index (Phi) is 4.46. The SMILES string of the molecule is C=NC1=C(C(=C)CC)CC(SC)CC1. The molecule has 0 aliphatic heterocycles. The van der Waals surface area contributed by atoms with Crippen LogP contribution in [0, 0.1) is 0 Å². The van der Waals surface area contributed by atoms with Crippen LogP contribution in [0.1, 0.15) is 32.6 Å². The van der Waals surface area contributed by atoms with Gasteiger partial charge in [-0.05, 0) is 44.2 Å².